The van der Waals surface area contributed by atoms with Gasteiger partial charge in [-0.05, 0) is 26.8 Å². The first kappa shape index (κ1) is 13.9. The smallest absolute Gasteiger partial charge is 0.421 e. The molecule has 1 unspecified atom stereocenters. The third-order valence-electron chi connectivity index (χ3n) is 2.75. The first-order valence-corrected chi connectivity index (χ1v) is 5.98. The van der Waals surface area contributed by atoms with Crippen LogP contribution in [0.25, 0.3) is 5.53 Å². The molecule has 0 N–H and O–H groups in total. The van der Waals surface area contributed by atoms with Crippen molar-refractivity contribution in [1.82, 2.24) is 4.90 Å². The van der Waals surface area contributed by atoms with Gasteiger partial charge in [0, 0.05) is 6.08 Å². The van der Waals surface area contributed by atoms with E-state index in [4.69, 9.17) is 10.3 Å². The third-order valence-corrected chi connectivity index (χ3v) is 2.75. The lowest BCUT2D eigenvalue weighted by Gasteiger charge is -2.24. The summed E-state index contributed by atoms with van der Waals surface area (Å²) >= 11 is 0. The Kier molecular flexibility index (Phi) is 3.15. The van der Waals surface area contributed by atoms with E-state index in [1.54, 1.807) is 20.8 Å². The molecule has 1 aliphatic carbocycles. The number of carbonyl (C=O) groups excluding carboxylic acids is 3. The zero-order valence-corrected chi connectivity index (χ0v) is 11.3. The zero-order chi connectivity index (χ0) is 15.1. The van der Waals surface area contributed by atoms with Crippen molar-refractivity contribution in [3.05, 3.63) is 29.5 Å². The van der Waals surface area contributed by atoms with Crippen LogP contribution in [0.4, 0.5) is 4.79 Å². The number of likely N-dealkylation sites (tertiary alicyclic amines) is 1. The number of amides is 2. The molecule has 7 nitrogen and oxygen atoms in total. The number of ketones is 1. The number of rotatable bonds is 0. The molecular formula is C13H13N3O4. The van der Waals surface area contributed by atoms with Crippen LogP contribution in [0.5, 0.6) is 0 Å². The SMILES string of the molecule is CC(C)(C)OC(=O)N1C(=O)C(=O)C2C1=CC=CC2=[N+]=[N-]. The van der Waals surface area contributed by atoms with Gasteiger partial charge in [0.1, 0.15) is 5.60 Å². The molecule has 1 fully saturated rings. The Bertz CT molecular complexity index is 618. The molecule has 20 heavy (non-hydrogen) atoms. The van der Waals surface area contributed by atoms with E-state index in [1.165, 1.54) is 18.2 Å². The highest BCUT2D eigenvalue weighted by molar-refractivity contribution is 6.47. The van der Waals surface area contributed by atoms with Gasteiger partial charge in [-0.15, -0.1) is 0 Å². The topological polar surface area (TPSA) is 100 Å². The van der Waals surface area contributed by atoms with Gasteiger partial charge >= 0.3 is 17.7 Å². The molecule has 1 aliphatic heterocycles. The van der Waals surface area contributed by atoms with Crippen LogP contribution in [0.1, 0.15) is 20.8 Å². The van der Waals surface area contributed by atoms with Crippen LogP contribution in [-0.4, -0.2) is 38.8 Å². The van der Waals surface area contributed by atoms with Crippen molar-refractivity contribution in [1.29, 1.82) is 0 Å². The molecule has 2 rings (SSSR count). The van der Waals surface area contributed by atoms with Crippen LogP contribution in [-0.2, 0) is 14.3 Å². The summed E-state index contributed by atoms with van der Waals surface area (Å²) in [5.41, 5.74) is 8.23. The fourth-order valence-electron chi connectivity index (χ4n) is 2.00. The van der Waals surface area contributed by atoms with Gasteiger partial charge in [-0.25, -0.2) is 9.69 Å². The Balaban J connectivity index is 2.41. The number of imide groups is 1. The minimum Gasteiger partial charge on any atom is -0.443 e. The maximum absolute atomic E-state index is 12.0. The van der Waals surface area contributed by atoms with Gasteiger partial charge in [0.15, 0.2) is 5.92 Å². The average Bonchev–Trinajstić information content (AvgIpc) is 2.60. The van der Waals surface area contributed by atoms with Crippen LogP contribution < -0.4 is 0 Å². The van der Waals surface area contributed by atoms with Gasteiger partial charge < -0.3 is 10.3 Å². The first-order chi connectivity index (χ1) is 9.26. The van der Waals surface area contributed by atoms with Crippen molar-refractivity contribution < 1.29 is 23.9 Å². The van der Waals surface area contributed by atoms with E-state index in [2.05, 4.69) is 4.79 Å². The summed E-state index contributed by atoms with van der Waals surface area (Å²) in [6, 6.07) is 0. The lowest BCUT2D eigenvalue weighted by molar-refractivity contribution is -0.140. The molecule has 1 atom stereocenters. The van der Waals surface area contributed by atoms with Crippen LogP contribution in [0, 0.1) is 5.92 Å². The summed E-state index contributed by atoms with van der Waals surface area (Å²) in [6.45, 7) is 4.96. The van der Waals surface area contributed by atoms with Crippen LogP contribution >= 0.6 is 0 Å². The van der Waals surface area contributed by atoms with Crippen molar-refractivity contribution in [3.63, 3.8) is 0 Å². The number of carbonyl (C=O) groups is 3. The summed E-state index contributed by atoms with van der Waals surface area (Å²) < 4.78 is 5.10. The number of allylic oxidation sites excluding steroid dienone is 4. The van der Waals surface area contributed by atoms with Crippen molar-refractivity contribution in [2.45, 2.75) is 26.4 Å². The Morgan fingerprint density at radius 3 is 2.60 bits per heavy atom. The molecule has 1 heterocycles. The van der Waals surface area contributed by atoms with Gasteiger partial charge in [0.2, 0.25) is 5.78 Å². The molecule has 0 spiro atoms. The molecule has 0 aromatic carbocycles. The Morgan fingerprint density at radius 2 is 2.05 bits per heavy atom. The summed E-state index contributed by atoms with van der Waals surface area (Å²) in [6.07, 6.45) is 3.42. The summed E-state index contributed by atoms with van der Waals surface area (Å²) in [5, 5.41) is 0. The lowest BCUT2D eigenvalue weighted by atomic mass is 9.94. The second-order valence-electron chi connectivity index (χ2n) is 5.39. The highest BCUT2D eigenvalue weighted by Crippen LogP contribution is 2.31. The monoisotopic (exact) mass is 275 g/mol. The van der Waals surface area contributed by atoms with E-state index in [1.807, 2.05) is 0 Å². The molecule has 0 radical (unpaired) electrons. The van der Waals surface area contributed by atoms with Crippen molar-refractivity contribution in [2.24, 2.45) is 5.92 Å². The number of ether oxygens (including phenoxy) is 1. The van der Waals surface area contributed by atoms with Gasteiger partial charge in [-0.1, -0.05) is 6.08 Å². The Labute approximate surface area is 115 Å². The number of nitrogens with zero attached hydrogens (tertiary/aromatic N) is 3. The summed E-state index contributed by atoms with van der Waals surface area (Å²) in [4.78, 5) is 39.6. The summed E-state index contributed by atoms with van der Waals surface area (Å²) in [7, 11) is 0. The second-order valence-corrected chi connectivity index (χ2v) is 5.39. The number of Topliss-reactive ketones (excluding diaryl/α,β-unsaturated/α-hetero) is 1. The second kappa shape index (κ2) is 4.54. The molecule has 0 saturated carbocycles. The molecule has 104 valence electrons. The molecule has 7 heteroatoms. The fraction of sp³-hybridized carbons (Fsp3) is 0.385. The highest BCUT2D eigenvalue weighted by Gasteiger charge is 2.53. The lowest BCUT2D eigenvalue weighted by Crippen LogP contribution is -2.38. The van der Waals surface area contributed by atoms with Crippen LogP contribution in [0.3, 0.4) is 0 Å². The third kappa shape index (κ3) is 2.19. The van der Waals surface area contributed by atoms with E-state index >= 15 is 0 Å². The van der Waals surface area contributed by atoms with E-state index in [9.17, 15) is 14.4 Å². The Morgan fingerprint density at radius 1 is 1.40 bits per heavy atom. The largest absolute Gasteiger partial charge is 0.443 e. The van der Waals surface area contributed by atoms with Crippen LogP contribution in [0.15, 0.2) is 23.9 Å². The summed E-state index contributed by atoms with van der Waals surface area (Å²) in [5.74, 6) is -2.86. The molecule has 0 aromatic rings. The van der Waals surface area contributed by atoms with Gasteiger partial charge in [0.25, 0.3) is 0 Å². The van der Waals surface area contributed by atoms with Crippen molar-refractivity contribution in [3.8, 4) is 0 Å². The molecule has 1 saturated heterocycles. The number of hydrogen-bond acceptors (Lipinski definition) is 4. The number of hydrogen-bond donors (Lipinski definition) is 0. The highest BCUT2D eigenvalue weighted by atomic mass is 16.6. The molecule has 0 aromatic heterocycles. The Hall–Kier alpha value is -2.53. The maximum atomic E-state index is 12.0. The van der Waals surface area contributed by atoms with Gasteiger partial charge in [-0.2, -0.15) is 4.79 Å². The zero-order valence-electron chi connectivity index (χ0n) is 11.3. The fourth-order valence-corrected chi connectivity index (χ4v) is 2.00. The quantitative estimate of drug-likeness (QED) is 0.375. The van der Waals surface area contributed by atoms with Gasteiger partial charge in [-0.3, -0.25) is 9.59 Å². The minimum absolute atomic E-state index is 0.0203. The van der Waals surface area contributed by atoms with E-state index in [-0.39, 0.29) is 11.4 Å². The molecule has 0 bridgehead atoms. The number of fused-ring (bicyclic) bond motifs is 1. The van der Waals surface area contributed by atoms with E-state index < -0.39 is 29.3 Å². The normalized spacial score (nSPS) is 21.6. The molecule has 2 aliphatic rings. The predicted molar refractivity (Wildman–Crippen MR) is 67.4 cm³/mol. The molecule has 2 amide bonds. The van der Waals surface area contributed by atoms with Crippen molar-refractivity contribution >= 4 is 23.5 Å². The standard InChI is InChI=1S/C13H13N3O4/c1-13(2,3)20-12(19)16-8-6-4-5-7(15-14)9(8)10(17)11(16)18/h4-6,9H,1-3H3. The van der Waals surface area contributed by atoms with Gasteiger partial charge in [0.05, 0.1) is 5.70 Å². The van der Waals surface area contributed by atoms with Crippen molar-refractivity contribution in [2.75, 3.05) is 0 Å². The average molecular weight is 275 g/mol. The minimum atomic E-state index is -1.05. The first-order valence-electron chi connectivity index (χ1n) is 5.98. The predicted octanol–water partition coefficient (Wildman–Crippen LogP) is 1.07. The van der Waals surface area contributed by atoms with Crippen LogP contribution in [0.2, 0.25) is 0 Å². The molecular weight excluding hydrogens is 262 g/mol. The van der Waals surface area contributed by atoms with E-state index in [0.717, 1.165) is 0 Å². The maximum Gasteiger partial charge on any atom is 0.421 e. The van der Waals surface area contributed by atoms with E-state index in [0.29, 0.717) is 4.90 Å².